The van der Waals surface area contributed by atoms with Crippen LogP contribution in [0.15, 0.2) is 121 Å². The molecule has 0 saturated heterocycles. The van der Waals surface area contributed by atoms with Gasteiger partial charge in [-0.3, -0.25) is 0 Å². The number of benzene rings is 4. The number of hydrogen-bond donors (Lipinski definition) is 0. The summed E-state index contributed by atoms with van der Waals surface area (Å²) in [7, 11) is 0. The first-order valence-corrected chi connectivity index (χ1v) is 12.8. The maximum absolute atomic E-state index is 3.45. The molecule has 0 atom stereocenters. The second-order valence-corrected chi connectivity index (χ2v) is 9.67. The first-order valence-electron chi connectivity index (χ1n) is 11.6. The fourth-order valence-electron chi connectivity index (χ4n) is 4.07. The van der Waals surface area contributed by atoms with Crippen molar-refractivity contribution in [1.82, 2.24) is 0 Å². The molecular weight excluding hydrogens is 558 g/mol. The Morgan fingerprint density at radius 2 is 1.25 bits per heavy atom. The molecule has 1 aliphatic carbocycles. The summed E-state index contributed by atoms with van der Waals surface area (Å²) in [5, 5.41) is 0. The van der Waals surface area contributed by atoms with E-state index in [1.165, 1.54) is 71.9 Å². The van der Waals surface area contributed by atoms with Crippen molar-refractivity contribution in [3.63, 3.8) is 0 Å². The third kappa shape index (κ3) is 8.04. The van der Waals surface area contributed by atoms with E-state index < -0.39 is 0 Å². The van der Waals surface area contributed by atoms with Crippen LogP contribution in [-0.2, 0) is 30.7 Å². The smallest absolute Gasteiger partial charge is 0.172 e. The quantitative estimate of drug-likeness (QED) is 0.272. The Labute approximate surface area is 242 Å². The van der Waals surface area contributed by atoms with Crippen LogP contribution < -0.4 is 24.8 Å². The van der Waals surface area contributed by atoms with Crippen LogP contribution >= 0.6 is 0 Å². The molecule has 0 aliphatic heterocycles. The van der Waals surface area contributed by atoms with Crippen molar-refractivity contribution in [2.24, 2.45) is 0 Å². The maximum Gasteiger partial charge on any atom is -0.172 e. The monoisotopic (exact) mass is 584 g/mol. The summed E-state index contributed by atoms with van der Waals surface area (Å²) in [5.74, 6) is 0. The molecule has 0 amide bonds. The molecule has 0 saturated carbocycles. The number of aryl methyl sites for hydroxylation is 2. The van der Waals surface area contributed by atoms with E-state index in [1.54, 1.807) is 0 Å². The molecule has 0 spiro atoms. The van der Waals surface area contributed by atoms with Crippen molar-refractivity contribution in [2.75, 3.05) is 0 Å². The van der Waals surface area contributed by atoms with Gasteiger partial charge in [-0.15, -0.1) is 11.1 Å². The van der Waals surface area contributed by atoms with Crippen molar-refractivity contribution in [3.8, 4) is 11.1 Å². The Balaban J connectivity index is 0.000000204. The van der Waals surface area contributed by atoms with Gasteiger partial charge in [-0.2, -0.15) is 42.0 Å². The van der Waals surface area contributed by atoms with Gasteiger partial charge in [0.15, 0.2) is 0 Å². The van der Waals surface area contributed by atoms with Crippen molar-refractivity contribution in [1.29, 1.82) is 0 Å². The van der Waals surface area contributed by atoms with E-state index in [9.17, 15) is 0 Å². The Bertz CT molecular complexity index is 1230. The molecule has 180 valence electrons. The molecule has 1 aliphatic rings. The molecular formula is C33H28Cl2Zr-2. The van der Waals surface area contributed by atoms with Crippen LogP contribution in [0.25, 0.3) is 11.1 Å². The maximum atomic E-state index is 3.45. The molecule has 0 heterocycles. The summed E-state index contributed by atoms with van der Waals surface area (Å²) >= 11 is 1.46. The van der Waals surface area contributed by atoms with Crippen LogP contribution in [0, 0.1) is 19.9 Å². The van der Waals surface area contributed by atoms with E-state index in [0.717, 1.165) is 6.42 Å². The molecule has 0 fully saturated rings. The van der Waals surface area contributed by atoms with Gasteiger partial charge in [0.2, 0.25) is 0 Å². The van der Waals surface area contributed by atoms with Gasteiger partial charge in [-0.1, -0.05) is 36.2 Å². The van der Waals surface area contributed by atoms with Gasteiger partial charge in [0.05, 0.1) is 0 Å². The molecule has 0 bridgehead atoms. The molecule has 0 N–H and O–H groups in total. The third-order valence-corrected chi connectivity index (χ3v) is 7.19. The SMILES string of the molecule is Cc1[c-]c2c(cc1)-c1ccc(C)cc1C2.[Cl-].[Cl-].[Zr+2]=[C](c1ccccc1)c1ccccc1.c1cc[cH-]c1. The van der Waals surface area contributed by atoms with E-state index in [-0.39, 0.29) is 24.8 Å². The number of rotatable bonds is 2. The van der Waals surface area contributed by atoms with Crippen molar-refractivity contribution in [3.05, 3.63) is 161 Å². The minimum atomic E-state index is 0. The Kier molecular flexibility index (Phi) is 12.4. The van der Waals surface area contributed by atoms with Gasteiger partial charge in [0, 0.05) is 0 Å². The van der Waals surface area contributed by atoms with Gasteiger partial charge >= 0.3 is 99.2 Å². The van der Waals surface area contributed by atoms with Crippen LogP contribution in [-0.4, -0.2) is 3.21 Å². The van der Waals surface area contributed by atoms with Gasteiger partial charge in [0.1, 0.15) is 0 Å². The molecule has 0 nitrogen and oxygen atoms in total. The zero-order chi connectivity index (χ0) is 23.8. The molecule has 3 heteroatoms. The van der Waals surface area contributed by atoms with E-state index >= 15 is 0 Å². The minimum Gasteiger partial charge on any atom is -0.214 e. The summed E-state index contributed by atoms with van der Waals surface area (Å²) in [6, 6.07) is 45.6. The molecule has 0 aromatic heterocycles. The van der Waals surface area contributed by atoms with E-state index in [0.29, 0.717) is 0 Å². The third-order valence-electron chi connectivity index (χ3n) is 5.77. The van der Waals surface area contributed by atoms with Crippen LogP contribution in [0.2, 0.25) is 0 Å². The first kappa shape index (κ1) is 29.8. The average Bonchev–Trinajstić information content (AvgIpc) is 3.56. The summed E-state index contributed by atoms with van der Waals surface area (Å²) in [4.78, 5) is 0. The van der Waals surface area contributed by atoms with Crippen molar-refractivity contribution >= 4 is 3.21 Å². The van der Waals surface area contributed by atoms with Crippen LogP contribution in [0.5, 0.6) is 0 Å². The van der Waals surface area contributed by atoms with Gasteiger partial charge in [0.25, 0.3) is 0 Å². The fourth-order valence-corrected chi connectivity index (χ4v) is 4.89. The topological polar surface area (TPSA) is 0 Å². The van der Waals surface area contributed by atoms with Gasteiger partial charge in [-0.25, -0.2) is 12.1 Å². The summed E-state index contributed by atoms with van der Waals surface area (Å²) in [6.45, 7) is 4.26. The molecule has 5 aromatic rings. The summed E-state index contributed by atoms with van der Waals surface area (Å²) in [6.07, 6.45) is 1.05. The Hall–Kier alpha value is -2.44. The Morgan fingerprint density at radius 3 is 1.78 bits per heavy atom. The molecule has 0 radical (unpaired) electrons. The normalized spacial score (nSPS) is 10.1. The largest absolute Gasteiger partial charge is 0.214 e. The van der Waals surface area contributed by atoms with Crippen LogP contribution in [0.1, 0.15) is 33.4 Å². The Morgan fingerprint density at radius 1 is 0.694 bits per heavy atom. The van der Waals surface area contributed by atoms with Crippen molar-refractivity contribution in [2.45, 2.75) is 20.3 Å². The molecule has 0 unspecified atom stereocenters. The predicted octanol–water partition coefficient (Wildman–Crippen LogP) is 1.89. The first-order chi connectivity index (χ1) is 16.6. The molecule has 36 heavy (non-hydrogen) atoms. The number of hydrogen-bond acceptors (Lipinski definition) is 0. The number of fused-ring (bicyclic) bond motifs is 3. The zero-order valence-corrected chi connectivity index (χ0v) is 24.5. The average molecular weight is 587 g/mol. The predicted molar refractivity (Wildman–Crippen MR) is 141 cm³/mol. The standard InChI is InChI=1S/C15H13.C13H10.C5H5.2ClH.Zr/c1-10-3-5-14-12(7-10)9-13-8-11(2)4-6-15(13)14;1-3-7-12(8-4-1)11-13-9-5-2-6-10-13;1-2-4-5-3-1;;;/h3-7H,9H2,1-2H3;1-10H;1-5H;2*1H;/q-1;;-1;;;+2/p-2. The summed E-state index contributed by atoms with van der Waals surface area (Å²) < 4.78 is 1.42. The van der Waals surface area contributed by atoms with Gasteiger partial charge < -0.3 is 24.8 Å². The summed E-state index contributed by atoms with van der Waals surface area (Å²) in [5.41, 5.74) is 10.8. The van der Waals surface area contributed by atoms with E-state index in [2.05, 4.69) is 111 Å². The van der Waals surface area contributed by atoms with Crippen LogP contribution in [0.4, 0.5) is 0 Å². The number of halogens is 2. The van der Waals surface area contributed by atoms with Crippen molar-refractivity contribution < 1.29 is 49.0 Å². The minimum absolute atomic E-state index is 0. The van der Waals surface area contributed by atoms with E-state index in [4.69, 9.17) is 0 Å². The molecule has 5 aromatic carbocycles. The second kappa shape index (κ2) is 15.0. The van der Waals surface area contributed by atoms with E-state index in [1.807, 2.05) is 30.3 Å². The van der Waals surface area contributed by atoms with Crippen LogP contribution in [0.3, 0.4) is 0 Å². The van der Waals surface area contributed by atoms with Gasteiger partial charge in [-0.05, 0) is 18.9 Å². The second-order valence-electron chi connectivity index (χ2n) is 8.44. The zero-order valence-electron chi connectivity index (χ0n) is 20.5. The molecule has 6 rings (SSSR count). The fraction of sp³-hybridized carbons (Fsp3) is 0.0909.